The molecule has 0 aromatic heterocycles. The molecule has 2 atom stereocenters. The molecule has 0 bridgehead atoms. The van der Waals surface area contributed by atoms with Gasteiger partial charge >= 0.3 is 24.8 Å². The summed E-state index contributed by atoms with van der Waals surface area (Å²) in [7, 11) is 0. The molecule has 2 heterocycles. The van der Waals surface area contributed by atoms with Crippen molar-refractivity contribution in [2.75, 3.05) is 6.61 Å². The molecular formula is C8H10LiNO5. The molecule has 0 aromatic rings. The summed E-state index contributed by atoms with van der Waals surface area (Å²) in [4.78, 5) is 23.1. The van der Waals surface area contributed by atoms with E-state index < -0.39 is 18.2 Å². The number of fused-ring (bicyclic) bond motifs is 1. The topological polar surface area (TPSA) is 87.1 Å². The zero-order valence-corrected chi connectivity index (χ0v) is 8.21. The van der Waals surface area contributed by atoms with Crippen molar-refractivity contribution in [2.45, 2.75) is 18.7 Å². The minimum absolute atomic E-state index is 0. The van der Waals surface area contributed by atoms with Gasteiger partial charge in [0, 0.05) is 0 Å². The van der Waals surface area contributed by atoms with Crippen LogP contribution in [-0.2, 0) is 14.3 Å². The predicted octanol–water partition coefficient (Wildman–Crippen LogP) is -3.98. The van der Waals surface area contributed by atoms with Crippen molar-refractivity contribution in [2.24, 2.45) is 0 Å². The van der Waals surface area contributed by atoms with E-state index in [-0.39, 0.29) is 45.0 Å². The quantitative estimate of drug-likeness (QED) is 0.356. The van der Waals surface area contributed by atoms with Crippen molar-refractivity contribution in [3.8, 4) is 0 Å². The van der Waals surface area contributed by atoms with E-state index in [2.05, 4.69) is 0 Å². The van der Waals surface area contributed by atoms with Gasteiger partial charge in [0.25, 0.3) is 0 Å². The maximum atomic E-state index is 11.1. The Bertz CT molecular complexity index is 334. The summed E-state index contributed by atoms with van der Waals surface area (Å²) in [5, 5.41) is 17.5. The summed E-state index contributed by atoms with van der Waals surface area (Å²) in [6.07, 6.45) is 1.03. The minimum atomic E-state index is -1.14. The van der Waals surface area contributed by atoms with Crippen LogP contribution in [0, 0.1) is 0 Å². The van der Waals surface area contributed by atoms with Crippen LogP contribution in [0.2, 0.25) is 0 Å². The number of β-lactam (4-membered cyclic amide) rings is 1. The Balaban J connectivity index is 0.00000112. The number of aliphatic hydroxyl groups excluding tert-OH is 1. The molecule has 0 saturated carbocycles. The average Bonchev–Trinajstić information content (AvgIpc) is 2.39. The van der Waals surface area contributed by atoms with E-state index in [1.807, 2.05) is 0 Å². The Hall–Kier alpha value is -0.963. The molecule has 2 aliphatic rings. The second-order valence-corrected chi connectivity index (χ2v) is 3.11. The number of aliphatic hydroxyl groups is 1. The fourth-order valence-corrected chi connectivity index (χ4v) is 1.66. The molecule has 78 valence electrons. The summed E-state index contributed by atoms with van der Waals surface area (Å²) in [5.74, 6) is -1.22. The van der Waals surface area contributed by atoms with Gasteiger partial charge in [0.2, 0.25) is 5.91 Å². The van der Waals surface area contributed by atoms with Crippen LogP contribution in [0.3, 0.4) is 0 Å². The predicted molar refractivity (Wildman–Crippen MR) is 44.0 cm³/mol. The number of ether oxygens (including phenoxy) is 1. The van der Waals surface area contributed by atoms with Gasteiger partial charge in [-0.1, -0.05) is 0 Å². The molecule has 2 fully saturated rings. The number of carbonyl (C=O) groups excluding carboxylic acids is 1. The minimum Gasteiger partial charge on any atom is -1.00 e. The fraction of sp³-hybridized carbons (Fsp3) is 0.500. The first kappa shape index (κ1) is 12.1. The van der Waals surface area contributed by atoms with Crippen LogP contribution in [-0.4, -0.2) is 45.9 Å². The van der Waals surface area contributed by atoms with Gasteiger partial charge < -0.3 is 16.4 Å². The molecule has 15 heavy (non-hydrogen) atoms. The third-order valence-electron chi connectivity index (χ3n) is 2.29. The average molecular weight is 207 g/mol. The van der Waals surface area contributed by atoms with Crippen LogP contribution in [0.25, 0.3) is 0 Å². The van der Waals surface area contributed by atoms with E-state index >= 15 is 0 Å². The maximum Gasteiger partial charge on any atom is 1.00 e. The van der Waals surface area contributed by atoms with Crippen LogP contribution in [0.5, 0.6) is 0 Å². The third kappa shape index (κ3) is 1.76. The molecule has 2 rings (SSSR count). The van der Waals surface area contributed by atoms with E-state index in [9.17, 15) is 9.59 Å². The van der Waals surface area contributed by atoms with Crippen molar-refractivity contribution in [3.63, 3.8) is 0 Å². The van der Waals surface area contributed by atoms with Gasteiger partial charge in [-0.2, -0.15) is 0 Å². The number of aliphatic carboxylic acids is 1. The maximum absolute atomic E-state index is 11.1. The molecule has 2 saturated heterocycles. The summed E-state index contributed by atoms with van der Waals surface area (Å²) >= 11 is 0. The first-order valence-electron chi connectivity index (χ1n) is 4.16. The standard InChI is InChI=1S/C8H9NO5.Li.H/c10-2-1-4-7(8(12)13)9-5(11)3-6(9)14-4;;/h1,6-7,10H,2-3H2,(H,12,13);;/q;+1;-1/b4-1-;;/t6-,7-;;/m1../s1. The number of carboxylic acid groups (broad SMARTS) is 1. The molecule has 2 N–H and O–H groups in total. The van der Waals surface area contributed by atoms with Gasteiger partial charge in [0.1, 0.15) is 5.76 Å². The SMILES string of the molecule is O=C(O)[C@H]1/C(=C/CO)O[C@@H]2CC(=O)N21.[H-].[Li+]. The van der Waals surface area contributed by atoms with E-state index in [4.69, 9.17) is 14.9 Å². The number of amides is 1. The Morgan fingerprint density at radius 1 is 1.73 bits per heavy atom. The Morgan fingerprint density at radius 2 is 2.40 bits per heavy atom. The second-order valence-electron chi connectivity index (χ2n) is 3.11. The van der Waals surface area contributed by atoms with Crippen LogP contribution >= 0.6 is 0 Å². The number of nitrogens with zero attached hydrogens (tertiary/aromatic N) is 1. The smallest absolute Gasteiger partial charge is 1.00 e. The van der Waals surface area contributed by atoms with Crippen LogP contribution in [0.15, 0.2) is 11.8 Å². The van der Waals surface area contributed by atoms with E-state index in [0.717, 1.165) is 0 Å². The summed E-state index contributed by atoms with van der Waals surface area (Å²) in [6, 6.07) is -1.06. The van der Waals surface area contributed by atoms with Crippen molar-refractivity contribution in [1.29, 1.82) is 0 Å². The van der Waals surface area contributed by atoms with Crippen molar-refractivity contribution >= 4 is 11.9 Å². The summed E-state index contributed by atoms with van der Waals surface area (Å²) in [6.45, 7) is -0.298. The number of rotatable bonds is 2. The molecule has 0 spiro atoms. The van der Waals surface area contributed by atoms with Crippen LogP contribution in [0.4, 0.5) is 0 Å². The molecule has 2 aliphatic heterocycles. The van der Waals surface area contributed by atoms with Crippen LogP contribution < -0.4 is 18.9 Å². The number of carboxylic acids is 1. The molecule has 1 amide bonds. The molecule has 7 heteroatoms. The van der Waals surface area contributed by atoms with Crippen molar-refractivity contribution in [1.82, 2.24) is 4.90 Å². The third-order valence-corrected chi connectivity index (χ3v) is 2.29. The molecule has 0 aromatic carbocycles. The number of hydrogen-bond donors (Lipinski definition) is 2. The summed E-state index contributed by atoms with van der Waals surface area (Å²) < 4.78 is 5.17. The second kappa shape index (κ2) is 4.27. The van der Waals surface area contributed by atoms with Crippen molar-refractivity contribution in [3.05, 3.63) is 11.8 Å². The number of carbonyl (C=O) groups is 2. The Labute approximate surface area is 99.2 Å². The number of hydrogen-bond acceptors (Lipinski definition) is 4. The molecule has 6 nitrogen and oxygen atoms in total. The van der Waals surface area contributed by atoms with Gasteiger partial charge in [0.05, 0.1) is 13.0 Å². The zero-order chi connectivity index (χ0) is 10.3. The van der Waals surface area contributed by atoms with Gasteiger partial charge in [0.15, 0.2) is 12.3 Å². The zero-order valence-electron chi connectivity index (χ0n) is 9.21. The normalized spacial score (nSPS) is 30.3. The molecule has 0 radical (unpaired) electrons. The Kier molecular flexibility index (Phi) is 3.45. The molecule has 0 aliphatic carbocycles. The first-order chi connectivity index (χ1) is 6.65. The molecule has 0 unspecified atom stereocenters. The van der Waals surface area contributed by atoms with Crippen molar-refractivity contribution < 1.29 is 44.8 Å². The van der Waals surface area contributed by atoms with E-state index in [0.29, 0.717) is 0 Å². The van der Waals surface area contributed by atoms with Gasteiger partial charge in [-0.25, -0.2) is 4.79 Å². The summed E-state index contributed by atoms with van der Waals surface area (Å²) in [5.41, 5.74) is 0. The van der Waals surface area contributed by atoms with Gasteiger partial charge in [-0.15, -0.1) is 0 Å². The van der Waals surface area contributed by atoms with E-state index in [1.165, 1.54) is 11.0 Å². The first-order valence-corrected chi connectivity index (χ1v) is 4.16. The fourth-order valence-electron chi connectivity index (χ4n) is 1.66. The van der Waals surface area contributed by atoms with Crippen LogP contribution in [0.1, 0.15) is 7.85 Å². The van der Waals surface area contributed by atoms with Gasteiger partial charge in [-0.3, -0.25) is 9.69 Å². The molecular weight excluding hydrogens is 197 g/mol. The van der Waals surface area contributed by atoms with E-state index in [1.54, 1.807) is 0 Å². The van der Waals surface area contributed by atoms with Gasteiger partial charge in [-0.05, 0) is 6.08 Å². The monoisotopic (exact) mass is 207 g/mol. The largest absolute Gasteiger partial charge is 1.00 e. The Morgan fingerprint density at radius 3 is 2.87 bits per heavy atom.